The standard InChI is InChI=1S/C22H30N6O3/c1-24-21(29)3-5-27(22(24)30)20-13-23-28-6-2-17(12-19(20)28)14-25-7-9-26(10-8-25)15-18-4-11-31-16-18/h2,6,12-13,18H,3-5,7-11,14-16H2,1H3. The molecule has 2 aromatic heterocycles. The van der Waals surface area contributed by atoms with Crippen LogP contribution in [0.25, 0.3) is 5.52 Å². The van der Waals surface area contributed by atoms with Gasteiger partial charge in [-0.2, -0.15) is 5.10 Å². The molecule has 0 bridgehead atoms. The van der Waals surface area contributed by atoms with Crippen molar-refractivity contribution >= 4 is 23.1 Å². The van der Waals surface area contributed by atoms with Crippen LogP contribution < -0.4 is 4.90 Å². The summed E-state index contributed by atoms with van der Waals surface area (Å²) < 4.78 is 7.31. The van der Waals surface area contributed by atoms with Crippen molar-refractivity contribution < 1.29 is 14.3 Å². The molecule has 0 N–H and O–H groups in total. The number of aromatic nitrogens is 2. The zero-order chi connectivity index (χ0) is 21.4. The number of amides is 3. The van der Waals surface area contributed by atoms with Crippen LogP contribution in [-0.2, 0) is 16.1 Å². The minimum Gasteiger partial charge on any atom is -0.381 e. The van der Waals surface area contributed by atoms with Crippen LogP contribution in [0.2, 0.25) is 0 Å². The summed E-state index contributed by atoms with van der Waals surface area (Å²) in [7, 11) is 1.54. The van der Waals surface area contributed by atoms with E-state index in [1.54, 1.807) is 15.6 Å². The van der Waals surface area contributed by atoms with E-state index < -0.39 is 0 Å². The molecule has 1 unspecified atom stereocenters. The van der Waals surface area contributed by atoms with Gasteiger partial charge in [0, 0.05) is 72.1 Å². The number of pyridine rings is 1. The number of carbonyl (C=O) groups is 2. The number of rotatable bonds is 5. The number of hydrogen-bond acceptors (Lipinski definition) is 6. The molecule has 3 aliphatic heterocycles. The number of anilines is 1. The second-order valence-corrected chi connectivity index (χ2v) is 8.84. The third-order valence-electron chi connectivity index (χ3n) is 6.71. The lowest BCUT2D eigenvalue weighted by Crippen LogP contribution is -2.50. The molecule has 3 amide bonds. The topological polar surface area (TPSA) is 73.6 Å². The number of fused-ring (bicyclic) bond motifs is 1. The summed E-state index contributed by atoms with van der Waals surface area (Å²) >= 11 is 0. The van der Waals surface area contributed by atoms with E-state index in [9.17, 15) is 9.59 Å². The van der Waals surface area contributed by atoms with Gasteiger partial charge in [-0.3, -0.25) is 19.5 Å². The highest BCUT2D eigenvalue weighted by molar-refractivity contribution is 6.07. The fourth-order valence-corrected chi connectivity index (χ4v) is 4.78. The molecule has 9 nitrogen and oxygen atoms in total. The summed E-state index contributed by atoms with van der Waals surface area (Å²) in [6.07, 6.45) is 5.19. The van der Waals surface area contributed by atoms with Crippen LogP contribution in [-0.4, -0.2) is 95.8 Å². The first-order valence-corrected chi connectivity index (χ1v) is 11.2. The molecule has 9 heteroatoms. The Bertz CT molecular complexity index is 961. The summed E-state index contributed by atoms with van der Waals surface area (Å²) in [6, 6.07) is 3.92. The van der Waals surface area contributed by atoms with E-state index >= 15 is 0 Å². The molecule has 0 aromatic carbocycles. The first-order valence-electron chi connectivity index (χ1n) is 11.2. The quantitative estimate of drug-likeness (QED) is 0.717. The Morgan fingerprint density at radius 2 is 1.94 bits per heavy atom. The highest BCUT2D eigenvalue weighted by Gasteiger charge is 2.31. The maximum Gasteiger partial charge on any atom is 0.331 e. The van der Waals surface area contributed by atoms with Crippen LogP contribution in [0.4, 0.5) is 10.5 Å². The second-order valence-electron chi connectivity index (χ2n) is 8.84. The van der Waals surface area contributed by atoms with Crippen molar-refractivity contribution in [2.45, 2.75) is 19.4 Å². The lowest BCUT2D eigenvalue weighted by molar-refractivity contribution is -0.127. The normalized spacial score (nSPS) is 24.0. The number of carbonyl (C=O) groups excluding carboxylic acids is 2. The monoisotopic (exact) mass is 426 g/mol. The Kier molecular flexibility index (Phi) is 5.64. The lowest BCUT2D eigenvalue weighted by atomic mass is 10.1. The van der Waals surface area contributed by atoms with E-state index in [2.05, 4.69) is 27.0 Å². The molecule has 3 saturated heterocycles. The molecule has 0 radical (unpaired) electrons. The van der Waals surface area contributed by atoms with Gasteiger partial charge in [0.25, 0.3) is 0 Å². The van der Waals surface area contributed by atoms with Gasteiger partial charge in [0.05, 0.1) is 24.0 Å². The van der Waals surface area contributed by atoms with Gasteiger partial charge < -0.3 is 9.64 Å². The van der Waals surface area contributed by atoms with Crippen molar-refractivity contribution in [2.75, 3.05) is 64.4 Å². The molecule has 166 valence electrons. The summed E-state index contributed by atoms with van der Waals surface area (Å²) in [5.74, 6) is 0.555. The number of urea groups is 1. The molecule has 1 atom stereocenters. The second kappa shape index (κ2) is 8.57. The summed E-state index contributed by atoms with van der Waals surface area (Å²) in [5.41, 5.74) is 2.86. The van der Waals surface area contributed by atoms with E-state index in [0.29, 0.717) is 18.9 Å². The van der Waals surface area contributed by atoms with E-state index in [4.69, 9.17) is 4.74 Å². The zero-order valence-electron chi connectivity index (χ0n) is 18.1. The number of ether oxygens (including phenoxy) is 1. The lowest BCUT2D eigenvalue weighted by Gasteiger charge is -2.35. The maximum atomic E-state index is 12.6. The first-order chi connectivity index (χ1) is 15.1. The number of nitrogens with zero attached hydrogens (tertiary/aromatic N) is 6. The van der Waals surface area contributed by atoms with Crippen LogP contribution in [0.3, 0.4) is 0 Å². The van der Waals surface area contributed by atoms with Crippen molar-refractivity contribution in [3.05, 3.63) is 30.1 Å². The van der Waals surface area contributed by atoms with Gasteiger partial charge in [-0.15, -0.1) is 0 Å². The Balaban J connectivity index is 1.25. The maximum absolute atomic E-state index is 12.6. The number of imide groups is 1. The molecular formula is C22H30N6O3. The Morgan fingerprint density at radius 3 is 2.71 bits per heavy atom. The van der Waals surface area contributed by atoms with E-state index in [-0.39, 0.29) is 11.9 Å². The Hall–Kier alpha value is -2.49. The van der Waals surface area contributed by atoms with Crippen LogP contribution in [0.5, 0.6) is 0 Å². The van der Waals surface area contributed by atoms with Gasteiger partial charge in [0.2, 0.25) is 5.91 Å². The van der Waals surface area contributed by atoms with E-state index in [0.717, 1.165) is 63.7 Å². The Labute approximate surface area is 182 Å². The van der Waals surface area contributed by atoms with Crippen LogP contribution in [0.1, 0.15) is 18.4 Å². The molecule has 3 aliphatic rings. The fourth-order valence-electron chi connectivity index (χ4n) is 4.78. The molecule has 5 heterocycles. The molecule has 31 heavy (non-hydrogen) atoms. The van der Waals surface area contributed by atoms with Gasteiger partial charge in [-0.25, -0.2) is 9.31 Å². The minimum absolute atomic E-state index is 0.141. The van der Waals surface area contributed by atoms with Crippen molar-refractivity contribution in [1.29, 1.82) is 0 Å². The highest BCUT2D eigenvalue weighted by atomic mass is 16.5. The van der Waals surface area contributed by atoms with Crippen molar-refractivity contribution in [3.8, 4) is 0 Å². The fraction of sp³-hybridized carbons (Fsp3) is 0.591. The van der Waals surface area contributed by atoms with Gasteiger partial charge in [0.1, 0.15) is 0 Å². The molecule has 0 aliphatic carbocycles. The molecule has 0 spiro atoms. The Morgan fingerprint density at radius 1 is 1.13 bits per heavy atom. The number of hydrogen-bond donors (Lipinski definition) is 0. The summed E-state index contributed by atoms with van der Waals surface area (Å²) in [6.45, 7) is 8.56. The van der Waals surface area contributed by atoms with Gasteiger partial charge >= 0.3 is 6.03 Å². The number of piperazine rings is 1. The van der Waals surface area contributed by atoms with E-state index in [1.165, 1.54) is 23.9 Å². The zero-order valence-corrected chi connectivity index (χ0v) is 18.1. The van der Waals surface area contributed by atoms with Gasteiger partial charge in [0.15, 0.2) is 0 Å². The minimum atomic E-state index is -0.291. The molecule has 5 rings (SSSR count). The summed E-state index contributed by atoms with van der Waals surface area (Å²) in [5, 5.41) is 4.41. The van der Waals surface area contributed by atoms with Gasteiger partial charge in [-0.1, -0.05) is 0 Å². The molecule has 2 aromatic rings. The van der Waals surface area contributed by atoms with Crippen molar-refractivity contribution in [3.63, 3.8) is 0 Å². The van der Waals surface area contributed by atoms with Crippen LogP contribution in [0.15, 0.2) is 24.5 Å². The van der Waals surface area contributed by atoms with E-state index in [1.807, 2.05) is 6.20 Å². The van der Waals surface area contributed by atoms with Crippen LogP contribution in [0, 0.1) is 5.92 Å². The van der Waals surface area contributed by atoms with Crippen LogP contribution >= 0.6 is 0 Å². The molecular weight excluding hydrogens is 396 g/mol. The average molecular weight is 427 g/mol. The molecule has 3 fully saturated rings. The predicted molar refractivity (Wildman–Crippen MR) is 116 cm³/mol. The largest absolute Gasteiger partial charge is 0.381 e. The molecule has 0 saturated carbocycles. The van der Waals surface area contributed by atoms with Crippen molar-refractivity contribution in [2.24, 2.45) is 5.92 Å². The first kappa shape index (κ1) is 20.4. The highest BCUT2D eigenvalue weighted by Crippen LogP contribution is 2.26. The smallest absolute Gasteiger partial charge is 0.331 e. The third kappa shape index (κ3) is 4.17. The SMILES string of the molecule is CN1C(=O)CCN(c2cnn3ccc(CN4CCN(CC5CCOC5)CC4)cc23)C1=O. The van der Waals surface area contributed by atoms with Gasteiger partial charge in [-0.05, 0) is 30.0 Å². The third-order valence-corrected chi connectivity index (χ3v) is 6.71. The van der Waals surface area contributed by atoms with Crippen molar-refractivity contribution in [1.82, 2.24) is 24.3 Å². The predicted octanol–water partition coefficient (Wildman–Crippen LogP) is 1.28. The summed E-state index contributed by atoms with van der Waals surface area (Å²) in [4.78, 5) is 32.3. The average Bonchev–Trinajstić information content (AvgIpc) is 3.43.